The van der Waals surface area contributed by atoms with Crippen LogP contribution in [-0.2, 0) is 17.0 Å². The normalized spacial score (nSPS) is 10.4. The van der Waals surface area contributed by atoms with E-state index >= 15 is 0 Å². The highest BCUT2D eigenvalue weighted by molar-refractivity contribution is 7.98. The lowest BCUT2D eigenvalue weighted by Crippen LogP contribution is -2.27. The first-order chi connectivity index (χ1) is 8.84. The zero-order valence-electron chi connectivity index (χ0n) is 9.93. The van der Waals surface area contributed by atoms with E-state index in [1.54, 1.807) is 29.4 Å². The summed E-state index contributed by atoms with van der Waals surface area (Å²) in [5, 5.41) is 4.91. The maximum atomic E-state index is 11.6. The summed E-state index contributed by atoms with van der Waals surface area (Å²) in [7, 11) is 0. The average molecular weight is 281 g/mol. The summed E-state index contributed by atoms with van der Waals surface area (Å²) >= 11 is 3.37. The fourth-order valence-electron chi connectivity index (χ4n) is 1.46. The molecule has 96 valence electrons. The molecule has 0 aliphatic heterocycles. The Kier molecular flexibility index (Phi) is 5.36. The standard InChI is InChI=1S/C13H15NO2S2/c15-13(9-12-4-2-7-18-12)14-5-8-17-10-11-3-1-6-16-11/h1-4,6-7H,5,8-10H2,(H,14,15). The molecule has 0 radical (unpaired) electrons. The van der Waals surface area contributed by atoms with Crippen LogP contribution >= 0.6 is 23.1 Å². The Bertz CT molecular complexity index is 451. The van der Waals surface area contributed by atoms with Crippen LogP contribution < -0.4 is 5.32 Å². The molecule has 0 aliphatic carbocycles. The van der Waals surface area contributed by atoms with Crippen molar-refractivity contribution in [2.24, 2.45) is 0 Å². The van der Waals surface area contributed by atoms with Gasteiger partial charge in [-0.2, -0.15) is 11.8 Å². The third kappa shape index (κ3) is 4.58. The van der Waals surface area contributed by atoms with Crippen molar-refractivity contribution in [1.82, 2.24) is 5.32 Å². The van der Waals surface area contributed by atoms with Crippen molar-refractivity contribution < 1.29 is 9.21 Å². The molecule has 18 heavy (non-hydrogen) atoms. The van der Waals surface area contributed by atoms with Crippen molar-refractivity contribution in [1.29, 1.82) is 0 Å². The second-order valence-corrected chi connectivity index (χ2v) is 5.88. The monoisotopic (exact) mass is 281 g/mol. The van der Waals surface area contributed by atoms with Gasteiger partial charge < -0.3 is 9.73 Å². The van der Waals surface area contributed by atoms with Crippen LogP contribution in [0.3, 0.4) is 0 Å². The number of furan rings is 1. The molecule has 0 bridgehead atoms. The number of nitrogens with one attached hydrogen (secondary N) is 1. The Labute approximate surface area is 115 Å². The van der Waals surface area contributed by atoms with Gasteiger partial charge in [-0.05, 0) is 23.6 Å². The third-order valence-electron chi connectivity index (χ3n) is 2.31. The van der Waals surface area contributed by atoms with Gasteiger partial charge in [0.2, 0.25) is 5.91 Å². The first kappa shape index (κ1) is 13.2. The molecule has 2 heterocycles. The minimum atomic E-state index is 0.0936. The van der Waals surface area contributed by atoms with E-state index in [9.17, 15) is 4.79 Å². The average Bonchev–Trinajstić information content (AvgIpc) is 3.01. The first-order valence-electron chi connectivity index (χ1n) is 5.74. The molecule has 0 saturated heterocycles. The lowest BCUT2D eigenvalue weighted by Gasteiger charge is -2.03. The number of rotatable bonds is 7. The van der Waals surface area contributed by atoms with E-state index < -0.39 is 0 Å². The highest BCUT2D eigenvalue weighted by Crippen LogP contribution is 2.11. The van der Waals surface area contributed by atoms with Crippen molar-refractivity contribution in [3.63, 3.8) is 0 Å². The summed E-state index contributed by atoms with van der Waals surface area (Å²) in [5.74, 6) is 2.82. The minimum absolute atomic E-state index is 0.0936. The molecular weight excluding hydrogens is 266 g/mol. The molecule has 1 amide bonds. The summed E-state index contributed by atoms with van der Waals surface area (Å²) in [5.41, 5.74) is 0. The third-order valence-corrected chi connectivity index (χ3v) is 4.17. The topological polar surface area (TPSA) is 42.2 Å². The van der Waals surface area contributed by atoms with Gasteiger partial charge in [-0.15, -0.1) is 11.3 Å². The SMILES string of the molecule is O=C(Cc1cccs1)NCCSCc1ccco1. The van der Waals surface area contributed by atoms with Crippen molar-refractivity contribution in [3.05, 3.63) is 46.5 Å². The molecule has 1 N–H and O–H groups in total. The van der Waals surface area contributed by atoms with Crippen LogP contribution in [-0.4, -0.2) is 18.2 Å². The second kappa shape index (κ2) is 7.28. The molecule has 0 aliphatic rings. The van der Waals surface area contributed by atoms with Gasteiger partial charge in [-0.1, -0.05) is 6.07 Å². The molecule has 2 aromatic heterocycles. The summed E-state index contributed by atoms with van der Waals surface area (Å²) in [6.07, 6.45) is 2.17. The van der Waals surface area contributed by atoms with E-state index in [-0.39, 0.29) is 5.91 Å². The van der Waals surface area contributed by atoms with Gasteiger partial charge in [0.25, 0.3) is 0 Å². The van der Waals surface area contributed by atoms with E-state index in [2.05, 4.69) is 5.32 Å². The summed E-state index contributed by atoms with van der Waals surface area (Å²) < 4.78 is 5.22. The van der Waals surface area contributed by atoms with E-state index in [1.165, 1.54) is 0 Å². The van der Waals surface area contributed by atoms with Crippen LogP contribution in [0.1, 0.15) is 10.6 Å². The molecule has 0 fully saturated rings. The predicted molar refractivity (Wildman–Crippen MR) is 75.9 cm³/mol. The Hall–Kier alpha value is -1.20. The summed E-state index contributed by atoms with van der Waals surface area (Å²) in [4.78, 5) is 12.7. The quantitative estimate of drug-likeness (QED) is 0.793. The molecule has 5 heteroatoms. The highest BCUT2D eigenvalue weighted by Gasteiger charge is 2.03. The van der Waals surface area contributed by atoms with Crippen LogP contribution in [0.25, 0.3) is 0 Å². The van der Waals surface area contributed by atoms with Crippen LogP contribution in [0, 0.1) is 0 Å². The Morgan fingerprint density at radius 3 is 3.06 bits per heavy atom. The van der Waals surface area contributed by atoms with E-state index in [0.29, 0.717) is 13.0 Å². The number of hydrogen-bond acceptors (Lipinski definition) is 4. The summed E-state index contributed by atoms with van der Waals surface area (Å²) in [6, 6.07) is 7.80. The van der Waals surface area contributed by atoms with Gasteiger partial charge in [0.15, 0.2) is 0 Å². The molecular formula is C13H15NO2S2. The maximum Gasteiger partial charge on any atom is 0.225 e. The Balaban J connectivity index is 1.54. The van der Waals surface area contributed by atoms with E-state index in [0.717, 1.165) is 22.1 Å². The van der Waals surface area contributed by atoms with Crippen molar-refractivity contribution in [2.45, 2.75) is 12.2 Å². The van der Waals surface area contributed by atoms with Crippen LogP contribution in [0.4, 0.5) is 0 Å². The maximum absolute atomic E-state index is 11.6. The number of carbonyl (C=O) groups excluding carboxylic acids is 1. The van der Waals surface area contributed by atoms with Gasteiger partial charge in [-0.25, -0.2) is 0 Å². The predicted octanol–water partition coefficient (Wildman–Crippen LogP) is 2.93. The number of thiophene rings is 1. The van der Waals surface area contributed by atoms with Gasteiger partial charge in [-0.3, -0.25) is 4.79 Å². The fourth-order valence-corrected chi connectivity index (χ4v) is 2.92. The molecule has 2 aromatic rings. The molecule has 0 unspecified atom stereocenters. The van der Waals surface area contributed by atoms with E-state index in [1.807, 2.05) is 29.6 Å². The Morgan fingerprint density at radius 2 is 2.33 bits per heavy atom. The van der Waals surface area contributed by atoms with Gasteiger partial charge >= 0.3 is 0 Å². The smallest absolute Gasteiger partial charge is 0.225 e. The number of carbonyl (C=O) groups is 1. The molecule has 0 aromatic carbocycles. The lowest BCUT2D eigenvalue weighted by atomic mass is 10.3. The van der Waals surface area contributed by atoms with Crippen molar-refractivity contribution in [3.8, 4) is 0 Å². The largest absolute Gasteiger partial charge is 0.468 e. The van der Waals surface area contributed by atoms with Crippen LogP contribution in [0.5, 0.6) is 0 Å². The molecule has 0 atom stereocenters. The lowest BCUT2D eigenvalue weighted by molar-refractivity contribution is -0.120. The van der Waals surface area contributed by atoms with Gasteiger partial charge in [0.05, 0.1) is 18.4 Å². The van der Waals surface area contributed by atoms with Gasteiger partial charge in [0.1, 0.15) is 5.76 Å². The zero-order chi connectivity index (χ0) is 12.6. The van der Waals surface area contributed by atoms with Crippen LogP contribution in [0.15, 0.2) is 40.3 Å². The molecule has 0 spiro atoms. The number of thioether (sulfide) groups is 1. The Morgan fingerprint density at radius 1 is 1.39 bits per heavy atom. The van der Waals surface area contributed by atoms with Crippen molar-refractivity contribution >= 4 is 29.0 Å². The van der Waals surface area contributed by atoms with Crippen LogP contribution in [0.2, 0.25) is 0 Å². The highest BCUT2D eigenvalue weighted by atomic mass is 32.2. The fraction of sp³-hybridized carbons (Fsp3) is 0.308. The number of amides is 1. The molecule has 0 saturated carbocycles. The second-order valence-electron chi connectivity index (χ2n) is 3.74. The van der Waals surface area contributed by atoms with Gasteiger partial charge in [0, 0.05) is 17.2 Å². The summed E-state index contributed by atoms with van der Waals surface area (Å²) in [6.45, 7) is 0.704. The van der Waals surface area contributed by atoms with Crippen molar-refractivity contribution in [2.75, 3.05) is 12.3 Å². The first-order valence-corrected chi connectivity index (χ1v) is 7.77. The zero-order valence-corrected chi connectivity index (χ0v) is 11.6. The molecule has 3 nitrogen and oxygen atoms in total. The number of hydrogen-bond donors (Lipinski definition) is 1. The minimum Gasteiger partial charge on any atom is -0.468 e. The van der Waals surface area contributed by atoms with E-state index in [4.69, 9.17) is 4.42 Å². The molecule has 2 rings (SSSR count).